The quantitative estimate of drug-likeness (QED) is 0.567. The zero-order valence-electron chi connectivity index (χ0n) is 15.6. The van der Waals surface area contributed by atoms with E-state index in [1.807, 2.05) is 6.08 Å². The summed E-state index contributed by atoms with van der Waals surface area (Å²) in [7, 11) is 0. The van der Waals surface area contributed by atoms with Gasteiger partial charge in [-0.25, -0.2) is 4.99 Å². The predicted octanol–water partition coefficient (Wildman–Crippen LogP) is 5.87. The highest BCUT2D eigenvalue weighted by molar-refractivity contribution is 6.50. The Labute approximate surface area is 176 Å². The Morgan fingerprint density at radius 3 is 2.18 bits per heavy atom. The SMILES string of the molecule is ClC1(Cl)C=CC2=C(C1)N=C1CCC(c3ccccc3)(c3ccccc3)CN1C2. The Morgan fingerprint density at radius 1 is 0.893 bits per heavy atom. The summed E-state index contributed by atoms with van der Waals surface area (Å²) >= 11 is 12.7. The van der Waals surface area contributed by atoms with E-state index in [0.29, 0.717) is 6.42 Å². The highest BCUT2D eigenvalue weighted by atomic mass is 35.5. The summed E-state index contributed by atoms with van der Waals surface area (Å²) in [4.78, 5) is 7.42. The van der Waals surface area contributed by atoms with Gasteiger partial charge in [0.2, 0.25) is 0 Å². The highest BCUT2D eigenvalue weighted by Gasteiger charge is 2.42. The number of piperidine rings is 1. The molecule has 1 fully saturated rings. The molecule has 5 rings (SSSR count). The van der Waals surface area contributed by atoms with Crippen molar-refractivity contribution in [2.45, 2.75) is 29.0 Å². The molecule has 1 saturated heterocycles. The van der Waals surface area contributed by atoms with Crippen molar-refractivity contribution >= 4 is 29.0 Å². The van der Waals surface area contributed by atoms with Gasteiger partial charge in [0.15, 0.2) is 0 Å². The van der Waals surface area contributed by atoms with Crippen LogP contribution in [0.3, 0.4) is 0 Å². The number of fused-ring (bicyclic) bond motifs is 1. The van der Waals surface area contributed by atoms with Gasteiger partial charge in [-0.3, -0.25) is 0 Å². The second kappa shape index (κ2) is 6.79. The number of halogens is 2. The molecule has 2 aliphatic heterocycles. The van der Waals surface area contributed by atoms with E-state index >= 15 is 0 Å². The third-order valence-corrected chi connectivity index (χ3v) is 6.70. The van der Waals surface area contributed by atoms with E-state index in [1.165, 1.54) is 22.5 Å². The molecular formula is C24H22Cl2N2. The highest BCUT2D eigenvalue weighted by Crippen LogP contribution is 2.44. The van der Waals surface area contributed by atoms with Gasteiger partial charge in [0.05, 0.1) is 5.70 Å². The van der Waals surface area contributed by atoms with Crippen LogP contribution >= 0.6 is 23.2 Å². The van der Waals surface area contributed by atoms with Crippen LogP contribution in [-0.2, 0) is 5.41 Å². The third-order valence-electron chi connectivity index (χ3n) is 6.18. The molecule has 0 bridgehead atoms. The standard InChI is InChI=1S/C24H22Cl2N2/c25-24(26)14-11-18-16-28-17-23(19-7-3-1-4-8-19,20-9-5-2-6-10-20)13-12-22(28)27-21(18)15-24/h1-11,14H,12-13,15-17H2. The summed E-state index contributed by atoms with van der Waals surface area (Å²) in [5.41, 5.74) is 5.00. The van der Waals surface area contributed by atoms with Gasteiger partial charge in [-0.15, -0.1) is 0 Å². The average Bonchev–Trinajstić information content (AvgIpc) is 2.73. The van der Waals surface area contributed by atoms with Gasteiger partial charge in [-0.1, -0.05) is 89.9 Å². The van der Waals surface area contributed by atoms with Crippen molar-refractivity contribution in [1.82, 2.24) is 4.90 Å². The first-order chi connectivity index (χ1) is 13.6. The Balaban J connectivity index is 1.53. The van der Waals surface area contributed by atoms with E-state index in [1.54, 1.807) is 0 Å². The maximum Gasteiger partial charge on any atom is 0.142 e. The predicted molar refractivity (Wildman–Crippen MR) is 117 cm³/mol. The van der Waals surface area contributed by atoms with Gasteiger partial charge in [0.1, 0.15) is 10.2 Å². The molecule has 2 heterocycles. The van der Waals surface area contributed by atoms with Gasteiger partial charge >= 0.3 is 0 Å². The lowest BCUT2D eigenvalue weighted by Crippen LogP contribution is -2.51. The molecule has 4 heteroatoms. The minimum absolute atomic E-state index is 0.0271. The fourth-order valence-electron chi connectivity index (χ4n) is 4.74. The van der Waals surface area contributed by atoms with Crippen LogP contribution < -0.4 is 0 Å². The zero-order chi connectivity index (χ0) is 19.2. The number of hydrogen-bond acceptors (Lipinski definition) is 2. The maximum absolute atomic E-state index is 6.33. The summed E-state index contributed by atoms with van der Waals surface area (Å²) in [6.07, 6.45) is 6.52. The minimum atomic E-state index is -0.836. The monoisotopic (exact) mass is 408 g/mol. The molecule has 0 amide bonds. The van der Waals surface area contributed by atoms with E-state index in [2.05, 4.69) is 71.6 Å². The normalized spacial score (nSPS) is 22.4. The average molecular weight is 409 g/mol. The second-order valence-corrected chi connectivity index (χ2v) is 9.48. The van der Waals surface area contributed by atoms with E-state index in [-0.39, 0.29) is 5.41 Å². The van der Waals surface area contributed by atoms with Gasteiger partial charge in [0, 0.05) is 31.3 Å². The molecule has 2 nitrogen and oxygen atoms in total. The van der Waals surface area contributed by atoms with E-state index < -0.39 is 4.33 Å². The van der Waals surface area contributed by atoms with Crippen LogP contribution in [0.15, 0.2) is 89.1 Å². The second-order valence-electron chi connectivity index (χ2n) is 7.94. The van der Waals surface area contributed by atoms with E-state index in [9.17, 15) is 0 Å². The third kappa shape index (κ3) is 3.09. The van der Waals surface area contributed by atoms with Gasteiger partial charge in [0.25, 0.3) is 0 Å². The van der Waals surface area contributed by atoms with Crippen molar-refractivity contribution in [3.8, 4) is 0 Å². The first kappa shape index (κ1) is 18.0. The van der Waals surface area contributed by atoms with Crippen LogP contribution in [0, 0.1) is 0 Å². The van der Waals surface area contributed by atoms with Gasteiger partial charge < -0.3 is 4.90 Å². The number of rotatable bonds is 2. The Kier molecular flexibility index (Phi) is 4.37. The number of alkyl halides is 2. The van der Waals surface area contributed by atoms with Crippen LogP contribution in [0.2, 0.25) is 0 Å². The summed E-state index contributed by atoms with van der Waals surface area (Å²) < 4.78 is -0.836. The van der Waals surface area contributed by atoms with Crippen LogP contribution in [0.25, 0.3) is 0 Å². The first-order valence-corrected chi connectivity index (χ1v) is 10.5. The molecule has 1 aliphatic carbocycles. The lowest BCUT2D eigenvalue weighted by atomic mass is 9.68. The van der Waals surface area contributed by atoms with Gasteiger partial charge in [-0.05, 0) is 29.2 Å². The van der Waals surface area contributed by atoms with Crippen LogP contribution in [-0.4, -0.2) is 28.2 Å². The zero-order valence-corrected chi connectivity index (χ0v) is 17.1. The van der Waals surface area contributed by atoms with E-state index in [0.717, 1.165) is 31.6 Å². The molecule has 0 atom stereocenters. The minimum Gasteiger partial charge on any atom is -0.354 e. The molecule has 28 heavy (non-hydrogen) atoms. The van der Waals surface area contributed by atoms with Crippen LogP contribution in [0.5, 0.6) is 0 Å². The maximum atomic E-state index is 6.33. The number of amidine groups is 1. The molecule has 142 valence electrons. The Bertz CT molecular complexity index is 935. The number of allylic oxidation sites excluding steroid dienone is 2. The first-order valence-electron chi connectivity index (χ1n) is 9.78. The Hall–Kier alpha value is -2.03. The van der Waals surface area contributed by atoms with E-state index in [4.69, 9.17) is 28.2 Å². The lowest BCUT2D eigenvalue weighted by molar-refractivity contribution is 0.290. The molecule has 2 aromatic rings. The molecule has 0 radical (unpaired) electrons. The smallest absolute Gasteiger partial charge is 0.142 e. The van der Waals surface area contributed by atoms with Crippen molar-refractivity contribution in [2.24, 2.45) is 4.99 Å². The fraction of sp³-hybridized carbons (Fsp3) is 0.292. The fourth-order valence-corrected chi connectivity index (χ4v) is 5.12. The number of nitrogens with zero attached hydrogens (tertiary/aromatic N) is 2. The number of benzene rings is 2. The molecular weight excluding hydrogens is 387 g/mol. The molecule has 0 spiro atoms. The molecule has 0 unspecified atom stereocenters. The van der Waals surface area contributed by atoms with Crippen LogP contribution in [0.1, 0.15) is 30.4 Å². The topological polar surface area (TPSA) is 15.6 Å². The van der Waals surface area contributed by atoms with Crippen LogP contribution in [0.4, 0.5) is 0 Å². The molecule has 0 aromatic heterocycles. The van der Waals surface area contributed by atoms with Crippen molar-refractivity contribution in [2.75, 3.05) is 13.1 Å². The molecule has 2 aromatic carbocycles. The number of aliphatic imine (C=N–C) groups is 1. The van der Waals surface area contributed by atoms with Crippen molar-refractivity contribution < 1.29 is 0 Å². The lowest BCUT2D eigenvalue weighted by Gasteiger charge is -2.47. The molecule has 3 aliphatic rings. The summed E-state index contributed by atoms with van der Waals surface area (Å²) in [6, 6.07) is 21.8. The summed E-state index contributed by atoms with van der Waals surface area (Å²) in [5.74, 6) is 1.17. The van der Waals surface area contributed by atoms with Gasteiger partial charge in [-0.2, -0.15) is 0 Å². The summed E-state index contributed by atoms with van der Waals surface area (Å²) in [6.45, 7) is 1.80. The van der Waals surface area contributed by atoms with Crippen molar-refractivity contribution in [3.05, 3.63) is 95.2 Å². The molecule has 0 saturated carbocycles. The Morgan fingerprint density at radius 2 is 1.54 bits per heavy atom. The summed E-state index contributed by atoms with van der Waals surface area (Å²) in [5, 5.41) is 0. The van der Waals surface area contributed by atoms with Crippen molar-refractivity contribution in [1.29, 1.82) is 0 Å². The molecule has 0 N–H and O–H groups in total. The van der Waals surface area contributed by atoms with Crippen molar-refractivity contribution in [3.63, 3.8) is 0 Å². The number of hydrogen-bond donors (Lipinski definition) is 0. The largest absolute Gasteiger partial charge is 0.354 e.